The van der Waals surface area contributed by atoms with Crippen LogP contribution in [-0.4, -0.2) is 40.7 Å². The lowest BCUT2D eigenvalue weighted by Gasteiger charge is -2.42. The summed E-state index contributed by atoms with van der Waals surface area (Å²) in [5.74, 6) is -1.44. The van der Waals surface area contributed by atoms with Crippen molar-refractivity contribution in [2.24, 2.45) is 11.1 Å². The van der Waals surface area contributed by atoms with Crippen LogP contribution in [0.3, 0.4) is 0 Å². The second-order valence-electron chi connectivity index (χ2n) is 6.72. The number of halogens is 2. The molecule has 3 rings (SSSR count). The third-order valence-electron chi connectivity index (χ3n) is 4.78. The van der Waals surface area contributed by atoms with E-state index in [1.54, 1.807) is 0 Å². The van der Waals surface area contributed by atoms with Gasteiger partial charge in [0.05, 0.1) is 19.0 Å². The summed E-state index contributed by atoms with van der Waals surface area (Å²) in [6, 6.07) is 3.48. The number of aromatic nitrogens is 2. The quantitative estimate of drug-likeness (QED) is 0.844. The van der Waals surface area contributed by atoms with Gasteiger partial charge >= 0.3 is 0 Å². The van der Waals surface area contributed by atoms with Gasteiger partial charge in [0.2, 0.25) is 0 Å². The van der Waals surface area contributed by atoms with Crippen molar-refractivity contribution in [1.82, 2.24) is 9.97 Å². The van der Waals surface area contributed by atoms with E-state index in [1.807, 2.05) is 4.90 Å². The molecule has 0 aliphatic carbocycles. The van der Waals surface area contributed by atoms with Crippen molar-refractivity contribution in [2.75, 3.05) is 24.6 Å². The predicted octanol–water partition coefficient (Wildman–Crippen LogP) is 1.68. The molecule has 1 aromatic carbocycles. The van der Waals surface area contributed by atoms with Crippen molar-refractivity contribution >= 4 is 11.7 Å². The van der Waals surface area contributed by atoms with Crippen molar-refractivity contribution in [3.63, 3.8) is 0 Å². The van der Waals surface area contributed by atoms with Gasteiger partial charge in [-0.1, -0.05) is 6.07 Å². The molecule has 1 atom stereocenters. The Labute approximate surface area is 149 Å². The monoisotopic (exact) mass is 362 g/mol. The lowest BCUT2D eigenvalue weighted by Crippen LogP contribution is -2.47. The molecule has 2 heterocycles. The van der Waals surface area contributed by atoms with Crippen LogP contribution >= 0.6 is 0 Å². The van der Waals surface area contributed by atoms with Crippen LogP contribution in [0.2, 0.25) is 0 Å². The molecule has 0 spiro atoms. The zero-order chi connectivity index (χ0) is 18.7. The zero-order valence-corrected chi connectivity index (χ0v) is 14.2. The fourth-order valence-corrected chi connectivity index (χ4v) is 3.43. The highest BCUT2D eigenvalue weighted by Crippen LogP contribution is 2.35. The lowest BCUT2D eigenvalue weighted by molar-refractivity contribution is 0.0993. The minimum Gasteiger partial charge on any atom is -0.396 e. The Bertz CT molecular complexity index is 818. The molecular formula is C18H20F2N4O2. The molecule has 1 saturated heterocycles. The number of primary amides is 1. The highest BCUT2D eigenvalue weighted by molar-refractivity contribution is 5.90. The van der Waals surface area contributed by atoms with E-state index in [1.165, 1.54) is 24.5 Å². The molecule has 0 bridgehead atoms. The number of amides is 1. The summed E-state index contributed by atoms with van der Waals surface area (Å²) in [6.07, 6.45) is 4.54. The summed E-state index contributed by atoms with van der Waals surface area (Å²) in [5.41, 5.74) is 5.08. The van der Waals surface area contributed by atoms with Crippen molar-refractivity contribution in [3.05, 3.63) is 53.5 Å². The summed E-state index contributed by atoms with van der Waals surface area (Å²) < 4.78 is 27.2. The second-order valence-corrected chi connectivity index (χ2v) is 6.72. The maximum absolute atomic E-state index is 14.1. The van der Waals surface area contributed by atoms with E-state index in [-0.39, 0.29) is 18.7 Å². The molecule has 1 aliphatic heterocycles. The van der Waals surface area contributed by atoms with Crippen LogP contribution in [0, 0.1) is 17.0 Å². The largest absolute Gasteiger partial charge is 0.396 e. The molecule has 6 nitrogen and oxygen atoms in total. The third-order valence-corrected chi connectivity index (χ3v) is 4.78. The summed E-state index contributed by atoms with van der Waals surface area (Å²) in [7, 11) is 0. The number of piperidine rings is 1. The second kappa shape index (κ2) is 7.33. The molecule has 26 heavy (non-hydrogen) atoms. The van der Waals surface area contributed by atoms with E-state index in [9.17, 15) is 18.7 Å². The fraction of sp³-hybridized carbons (Fsp3) is 0.389. The Morgan fingerprint density at radius 3 is 2.85 bits per heavy atom. The van der Waals surface area contributed by atoms with Crippen LogP contribution < -0.4 is 10.6 Å². The molecular weight excluding hydrogens is 342 g/mol. The Morgan fingerprint density at radius 1 is 1.35 bits per heavy atom. The average Bonchev–Trinajstić information content (AvgIpc) is 2.64. The van der Waals surface area contributed by atoms with Crippen LogP contribution in [0.4, 0.5) is 14.6 Å². The Hall–Kier alpha value is -2.61. The molecule has 1 fully saturated rings. The van der Waals surface area contributed by atoms with Crippen molar-refractivity contribution < 1.29 is 18.7 Å². The number of aliphatic hydroxyl groups is 1. The molecule has 8 heteroatoms. The first-order valence-electron chi connectivity index (χ1n) is 8.34. The van der Waals surface area contributed by atoms with Crippen molar-refractivity contribution in [1.29, 1.82) is 0 Å². The standard InChI is InChI=1S/C18H20F2N4O2/c19-13-3-2-12(14(20)6-13)7-18(11-25)4-1-5-24(10-18)16-9-22-8-15(23-16)17(21)26/h2-3,6,8-9,25H,1,4-5,7,10-11H2,(H2,21,26)/t18-/m0/s1. The highest BCUT2D eigenvalue weighted by Gasteiger charge is 2.36. The first-order chi connectivity index (χ1) is 12.4. The van der Waals surface area contributed by atoms with Crippen LogP contribution in [0.25, 0.3) is 0 Å². The van der Waals surface area contributed by atoms with Gasteiger partial charge in [-0.25, -0.2) is 13.8 Å². The first kappa shape index (κ1) is 18.2. The van der Waals surface area contributed by atoms with Gasteiger partial charge < -0.3 is 15.7 Å². The predicted molar refractivity (Wildman–Crippen MR) is 91.6 cm³/mol. The van der Waals surface area contributed by atoms with Crippen LogP contribution in [0.5, 0.6) is 0 Å². The van der Waals surface area contributed by atoms with E-state index in [2.05, 4.69) is 9.97 Å². The summed E-state index contributed by atoms with van der Waals surface area (Å²) in [4.78, 5) is 21.4. The normalized spacial score (nSPS) is 20.2. The molecule has 2 aromatic rings. The summed E-state index contributed by atoms with van der Waals surface area (Å²) in [6.45, 7) is 0.936. The van der Waals surface area contributed by atoms with Gasteiger partial charge in [0.15, 0.2) is 0 Å². The Morgan fingerprint density at radius 2 is 2.15 bits per heavy atom. The van der Waals surface area contributed by atoms with Gasteiger partial charge in [0.25, 0.3) is 5.91 Å². The minimum atomic E-state index is -0.668. The van der Waals surface area contributed by atoms with Gasteiger partial charge in [-0.2, -0.15) is 0 Å². The molecule has 1 aromatic heterocycles. The van der Waals surface area contributed by atoms with Gasteiger partial charge in [-0.15, -0.1) is 0 Å². The number of nitrogens with zero attached hydrogens (tertiary/aromatic N) is 3. The van der Waals surface area contributed by atoms with E-state index in [0.29, 0.717) is 30.9 Å². The minimum absolute atomic E-state index is 0.0623. The maximum Gasteiger partial charge on any atom is 0.268 e. The molecule has 0 saturated carbocycles. The smallest absolute Gasteiger partial charge is 0.268 e. The van der Waals surface area contributed by atoms with E-state index >= 15 is 0 Å². The van der Waals surface area contributed by atoms with Crippen LogP contribution in [0.15, 0.2) is 30.6 Å². The molecule has 1 amide bonds. The number of benzene rings is 1. The van der Waals surface area contributed by atoms with E-state index in [4.69, 9.17) is 5.73 Å². The van der Waals surface area contributed by atoms with Gasteiger partial charge in [0, 0.05) is 24.6 Å². The number of anilines is 1. The molecule has 138 valence electrons. The Kier molecular flexibility index (Phi) is 5.13. The number of hydrogen-bond acceptors (Lipinski definition) is 5. The lowest BCUT2D eigenvalue weighted by atomic mass is 9.75. The first-order valence-corrected chi connectivity index (χ1v) is 8.34. The number of aliphatic hydroxyl groups excluding tert-OH is 1. The SMILES string of the molecule is NC(=O)c1cncc(N2CCC[C@](CO)(Cc3ccc(F)cc3F)C2)n1. The van der Waals surface area contributed by atoms with E-state index in [0.717, 1.165) is 12.5 Å². The fourth-order valence-electron chi connectivity index (χ4n) is 3.43. The summed E-state index contributed by atoms with van der Waals surface area (Å²) in [5, 5.41) is 10.0. The van der Waals surface area contributed by atoms with Gasteiger partial charge in [-0.3, -0.25) is 9.78 Å². The highest BCUT2D eigenvalue weighted by atomic mass is 19.1. The van der Waals surface area contributed by atoms with Crippen molar-refractivity contribution in [2.45, 2.75) is 19.3 Å². The van der Waals surface area contributed by atoms with Crippen molar-refractivity contribution in [3.8, 4) is 0 Å². The number of hydrogen-bond donors (Lipinski definition) is 2. The van der Waals surface area contributed by atoms with Crippen LogP contribution in [0.1, 0.15) is 28.9 Å². The summed E-state index contributed by atoms with van der Waals surface area (Å²) >= 11 is 0. The average molecular weight is 362 g/mol. The topological polar surface area (TPSA) is 92.3 Å². The third kappa shape index (κ3) is 3.80. The maximum atomic E-state index is 14.1. The number of rotatable bonds is 5. The van der Waals surface area contributed by atoms with Crippen LogP contribution in [-0.2, 0) is 6.42 Å². The number of carbonyl (C=O) groups excluding carboxylic acids is 1. The molecule has 0 radical (unpaired) electrons. The molecule has 3 N–H and O–H groups in total. The van der Waals surface area contributed by atoms with E-state index < -0.39 is 23.0 Å². The molecule has 1 aliphatic rings. The molecule has 0 unspecified atom stereocenters. The van der Waals surface area contributed by atoms with Gasteiger partial charge in [0.1, 0.15) is 23.1 Å². The number of nitrogens with two attached hydrogens (primary N) is 1. The Balaban J connectivity index is 1.84. The zero-order valence-electron chi connectivity index (χ0n) is 14.2. The number of carbonyl (C=O) groups is 1. The van der Waals surface area contributed by atoms with Gasteiger partial charge in [-0.05, 0) is 30.9 Å².